The lowest BCUT2D eigenvalue weighted by Crippen LogP contribution is -2.19. The maximum absolute atomic E-state index is 12.5. The van der Waals surface area contributed by atoms with Crippen molar-refractivity contribution in [3.8, 4) is 5.88 Å². The lowest BCUT2D eigenvalue weighted by Gasteiger charge is -2.09. The van der Waals surface area contributed by atoms with Crippen molar-refractivity contribution in [2.45, 2.75) is 19.3 Å². The molecule has 0 radical (unpaired) electrons. The smallest absolute Gasteiger partial charge is 0.270 e. The number of hydrogen-bond acceptors (Lipinski definition) is 3. The zero-order valence-corrected chi connectivity index (χ0v) is 15.2. The molecule has 5 nitrogen and oxygen atoms in total. The number of H-pyrrole nitrogens is 2. The molecular weight excluding hydrogens is 338 g/mol. The maximum Gasteiger partial charge on any atom is 0.270 e. The molecule has 2 heterocycles. The second-order valence-electron chi connectivity index (χ2n) is 6.52. The molecule has 0 unspecified atom stereocenters. The van der Waals surface area contributed by atoms with Gasteiger partial charge in [-0.15, -0.1) is 0 Å². The van der Waals surface area contributed by atoms with Gasteiger partial charge in [0.1, 0.15) is 5.69 Å². The largest absolute Gasteiger partial charge is 0.480 e. The summed E-state index contributed by atoms with van der Waals surface area (Å²) in [6.07, 6.45) is 3.85. The third kappa shape index (κ3) is 3.62. The fourth-order valence-electron chi connectivity index (χ4n) is 3.34. The highest BCUT2D eigenvalue weighted by atomic mass is 16.5. The van der Waals surface area contributed by atoms with Crippen LogP contribution in [0.3, 0.4) is 0 Å². The Morgan fingerprint density at radius 1 is 1.00 bits per heavy atom. The summed E-state index contributed by atoms with van der Waals surface area (Å²) >= 11 is 0. The van der Waals surface area contributed by atoms with Gasteiger partial charge in [-0.05, 0) is 30.0 Å². The Kier molecular flexibility index (Phi) is 4.75. The second kappa shape index (κ2) is 7.50. The zero-order valence-electron chi connectivity index (χ0n) is 15.2. The summed E-state index contributed by atoms with van der Waals surface area (Å²) in [5, 5.41) is 1.13. The van der Waals surface area contributed by atoms with Gasteiger partial charge in [0.05, 0.1) is 12.8 Å². The first-order valence-electron chi connectivity index (χ1n) is 8.99. The number of rotatable bonds is 6. The Bertz CT molecular complexity index is 1110. The van der Waals surface area contributed by atoms with Crippen molar-refractivity contribution in [3.05, 3.63) is 93.7 Å². The van der Waals surface area contributed by atoms with Gasteiger partial charge in [0.15, 0.2) is 0 Å². The third-order valence-electron chi connectivity index (χ3n) is 4.75. The molecule has 2 aromatic carbocycles. The molecule has 27 heavy (non-hydrogen) atoms. The Hall–Kier alpha value is -3.34. The summed E-state index contributed by atoms with van der Waals surface area (Å²) in [6.45, 7) is 0. The maximum atomic E-state index is 12.5. The standard InChI is InChI=1S/C22H21N3O2/c1-27-22-20(13-16-14-23-18-10-6-5-9-17(16)18)24-21(26)19(25-22)12-11-15-7-3-2-4-8-15/h2-10,14,23H,11-13H2,1H3,(H,24,26). The van der Waals surface area contributed by atoms with Crippen LogP contribution in [0.2, 0.25) is 0 Å². The molecule has 5 heteroatoms. The Morgan fingerprint density at radius 3 is 2.59 bits per heavy atom. The van der Waals surface area contributed by atoms with Crippen LogP contribution in [-0.4, -0.2) is 22.1 Å². The van der Waals surface area contributed by atoms with Gasteiger partial charge in [0, 0.05) is 23.5 Å². The Balaban J connectivity index is 1.60. The molecule has 2 N–H and O–H groups in total. The fraction of sp³-hybridized carbons (Fsp3) is 0.182. The highest BCUT2D eigenvalue weighted by Gasteiger charge is 2.14. The van der Waals surface area contributed by atoms with Crippen molar-refractivity contribution in [1.82, 2.24) is 15.0 Å². The number of aryl methyl sites for hydroxylation is 2. The van der Waals surface area contributed by atoms with Gasteiger partial charge < -0.3 is 14.7 Å². The van der Waals surface area contributed by atoms with E-state index in [9.17, 15) is 4.79 Å². The average Bonchev–Trinajstić information content (AvgIpc) is 3.11. The quantitative estimate of drug-likeness (QED) is 0.552. The molecular formula is C22H21N3O2. The predicted octanol–water partition coefficient (Wildman–Crippen LogP) is 3.64. The highest BCUT2D eigenvalue weighted by Crippen LogP contribution is 2.23. The zero-order chi connectivity index (χ0) is 18.6. The Labute approximate surface area is 157 Å². The number of hydrogen-bond donors (Lipinski definition) is 2. The molecule has 4 aromatic rings. The number of fused-ring (bicyclic) bond motifs is 1. The van der Waals surface area contributed by atoms with Gasteiger partial charge in [-0.25, -0.2) is 4.98 Å². The number of methoxy groups -OCH3 is 1. The van der Waals surface area contributed by atoms with Crippen molar-refractivity contribution in [2.24, 2.45) is 0 Å². The molecule has 0 aliphatic carbocycles. The van der Waals surface area contributed by atoms with Gasteiger partial charge in [-0.2, -0.15) is 0 Å². The number of ether oxygens (including phenoxy) is 1. The number of para-hydroxylation sites is 1. The number of nitrogens with one attached hydrogen (secondary N) is 2. The van der Waals surface area contributed by atoms with Crippen LogP contribution >= 0.6 is 0 Å². The summed E-state index contributed by atoms with van der Waals surface area (Å²) in [4.78, 5) is 23.3. The van der Waals surface area contributed by atoms with Gasteiger partial charge in [0.25, 0.3) is 5.56 Å². The number of benzene rings is 2. The summed E-state index contributed by atoms with van der Waals surface area (Å²) in [7, 11) is 1.58. The predicted molar refractivity (Wildman–Crippen MR) is 106 cm³/mol. The van der Waals surface area contributed by atoms with E-state index >= 15 is 0 Å². The molecule has 0 spiro atoms. The minimum atomic E-state index is -0.151. The van der Waals surface area contributed by atoms with E-state index in [1.807, 2.05) is 42.6 Å². The third-order valence-corrected chi connectivity index (χ3v) is 4.75. The van der Waals surface area contributed by atoms with Crippen LogP contribution in [-0.2, 0) is 19.3 Å². The van der Waals surface area contributed by atoms with Crippen LogP contribution in [0.1, 0.15) is 22.5 Å². The van der Waals surface area contributed by atoms with Crippen molar-refractivity contribution in [3.63, 3.8) is 0 Å². The molecule has 0 aliphatic heterocycles. The van der Waals surface area contributed by atoms with Crippen LogP contribution in [0.5, 0.6) is 5.88 Å². The normalized spacial score (nSPS) is 11.0. The first-order chi connectivity index (χ1) is 13.2. The molecule has 4 rings (SSSR count). The molecule has 0 atom stereocenters. The first kappa shape index (κ1) is 17.1. The van der Waals surface area contributed by atoms with E-state index in [0.717, 1.165) is 22.9 Å². The minimum Gasteiger partial charge on any atom is -0.480 e. The molecule has 136 valence electrons. The van der Waals surface area contributed by atoms with E-state index in [0.29, 0.717) is 30.1 Å². The minimum absolute atomic E-state index is 0.151. The molecule has 0 saturated carbocycles. The summed E-state index contributed by atoms with van der Waals surface area (Å²) in [6, 6.07) is 18.2. The van der Waals surface area contributed by atoms with Crippen molar-refractivity contribution in [2.75, 3.05) is 7.11 Å². The topological polar surface area (TPSA) is 70.8 Å². The SMILES string of the molecule is COc1nc(CCc2ccccc2)c(=O)[nH]c1Cc1c[nH]c2ccccc12. The van der Waals surface area contributed by atoms with Crippen LogP contribution < -0.4 is 10.3 Å². The average molecular weight is 359 g/mol. The van der Waals surface area contributed by atoms with E-state index in [4.69, 9.17) is 4.74 Å². The van der Waals surface area contributed by atoms with Crippen LogP contribution in [0, 0.1) is 0 Å². The van der Waals surface area contributed by atoms with Crippen LogP contribution in [0.25, 0.3) is 10.9 Å². The van der Waals surface area contributed by atoms with E-state index in [2.05, 4.69) is 33.2 Å². The van der Waals surface area contributed by atoms with Crippen molar-refractivity contribution in [1.29, 1.82) is 0 Å². The fourth-order valence-corrected chi connectivity index (χ4v) is 3.34. The van der Waals surface area contributed by atoms with E-state index in [1.165, 1.54) is 5.56 Å². The first-order valence-corrected chi connectivity index (χ1v) is 8.99. The monoisotopic (exact) mass is 359 g/mol. The molecule has 0 fully saturated rings. The summed E-state index contributed by atoms with van der Waals surface area (Å²) < 4.78 is 5.46. The molecule has 2 aromatic heterocycles. The molecule has 0 saturated heterocycles. The number of aromatic nitrogens is 3. The number of nitrogens with zero attached hydrogens (tertiary/aromatic N) is 1. The van der Waals surface area contributed by atoms with Crippen LogP contribution in [0.15, 0.2) is 65.6 Å². The van der Waals surface area contributed by atoms with Gasteiger partial charge >= 0.3 is 0 Å². The van der Waals surface area contributed by atoms with E-state index < -0.39 is 0 Å². The Morgan fingerprint density at radius 2 is 1.78 bits per heavy atom. The number of aromatic amines is 2. The van der Waals surface area contributed by atoms with Gasteiger partial charge in [-0.3, -0.25) is 4.79 Å². The van der Waals surface area contributed by atoms with Gasteiger partial charge in [-0.1, -0.05) is 48.5 Å². The van der Waals surface area contributed by atoms with E-state index in [-0.39, 0.29) is 5.56 Å². The van der Waals surface area contributed by atoms with Crippen molar-refractivity contribution >= 4 is 10.9 Å². The highest BCUT2D eigenvalue weighted by molar-refractivity contribution is 5.83. The van der Waals surface area contributed by atoms with Crippen LogP contribution in [0.4, 0.5) is 0 Å². The molecule has 0 aliphatic rings. The van der Waals surface area contributed by atoms with Gasteiger partial charge in [0.2, 0.25) is 5.88 Å². The summed E-state index contributed by atoms with van der Waals surface area (Å²) in [5.41, 5.74) is 4.39. The van der Waals surface area contributed by atoms with Crippen molar-refractivity contribution < 1.29 is 4.74 Å². The lowest BCUT2D eigenvalue weighted by molar-refractivity contribution is 0.387. The molecule has 0 amide bonds. The van der Waals surface area contributed by atoms with E-state index in [1.54, 1.807) is 7.11 Å². The molecule has 0 bridgehead atoms. The summed E-state index contributed by atoms with van der Waals surface area (Å²) in [5.74, 6) is 0.475. The second-order valence-corrected chi connectivity index (χ2v) is 6.52. The lowest BCUT2D eigenvalue weighted by atomic mass is 10.1.